The molecule has 144 valence electrons. The predicted molar refractivity (Wildman–Crippen MR) is 107 cm³/mol. The number of hydrogen-bond donors (Lipinski definition) is 1. The van der Waals surface area contributed by atoms with Gasteiger partial charge in [0.25, 0.3) is 5.56 Å². The first-order valence-corrected chi connectivity index (χ1v) is 9.78. The maximum atomic E-state index is 13.1. The number of nitrogens with one attached hydrogen (secondary N) is 1. The molecule has 0 radical (unpaired) electrons. The van der Waals surface area contributed by atoms with E-state index in [0.717, 1.165) is 32.1 Å². The second-order valence-electron chi connectivity index (χ2n) is 6.23. The lowest BCUT2D eigenvalue weighted by Gasteiger charge is -2.28. The van der Waals surface area contributed by atoms with Gasteiger partial charge in [0.2, 0.25) is 5.95 Å². The van der Waals surface area contributed by atoms with E-state index in [-0.39, 0.29) is 5.56 Å². The summed E-state index contributed by atoms with van der Waals surface area (Å²) in [6.07, 6.45) is 3.32. The van der Waals surface area contributed by atoms with E-state index < -0.39 is 0 Å². The molecule has 0 spiro atoms. The topological polar surface area (TPSA) is 93.8 Å². The van der Waals surface area contributed by atoms with Crippen LogP contribution in [0.1, 0.15) is 6.92 Å². The van der Waals surface area contributed by atoms with E-state index >= 15 is 0 Å². The van der Waals surface area contributed by atoms with Gasteiger partial charge in [0.05, 0.1) is 6.54 Å². The molecule has 0 aromatic carbocycles. The number of imidazole rings is 1. The zero-order valence-electron chi connectivity index (χ0n) is 15.7. The van der Waals surface area contributed by atoms with Gasteiger partial charge in [-0.2, -0.15) is 4.98 Å². The molecule has 9 nitrogen and oxygen atoms in total. The summed E-state index contributed by atoms with van der Waals surface area (Å²) in [4.78, 5) is 33.1. The van der Waals surface area contributed by atoms with Gasteiger partial charge < -0.3 is 10.2 Å². The van der Waals surface area contributed by atoms with Crippen molar-refractivity contribution in [2.45, 2.75) is 23.8 Å². The minimum atomic E-state index is -0.157. The number of hydrogen-bond acceptors (Lipinski definition) is 8. The van der Waals surface area contributed by atoms with Crippen LogP contribution in [0, 0.1) is 11.8 Å². The summed E-state index contributed by atoms with van der Waals surface area (Å²) < 4.78 is 3.39. The number of aromatic nitrogens is 6. The minimum absolute atomic E-state index is 0.157. The van der Waals surface area contributed by atoms with Crippen molar-refractivity contribution < 1.29 is 0 Å². The van der Waals surface area contributed by atoms with Gasteiger partial charge in [0, 0.05) is 45.6 Å². The van der Waals surface area contributed by atoms with Gasteiger partial charge >= 0.3 is 0 Å². The summed E-state index contributed by atoms with van der Waals surface area (Å²) in [5.41, 5.74) is 0.736. The molecule has 0 saturated carbocycles. The molecule has 1 fully saturated rings. The molecule has 1 saturated heterocycles. The maximum Gasteiger partial charge on any atom is 0.280 e. The van der Waals surface area contributed by atoms with Crippen molar-refractivity contribution in [3.63, 3.8) is 0 Å². The number of rotatable bonds is 4. The van der Waals surface area contributed by atoms with Crippen molar-refractivity contribution in [1.82, 2.24) is 34.4 Å². The standard InChI is InChI=1S/C18H20N8OS/c1-3-4-10-26-13-14(22-17(26)25-11-8-19-9-12-25)23-18(24(2)15(13)27)28-16-20-6-5-7-21-16/h5-7,19H,8-12H2,1-2H3. The van der Waals surface area contributed by atoms with Crippen molar-refractivity contribution in [1.29, 1.82) is 0 Å². The predicted octanol–water partition coefficient (Wildman–Crippen LogP) is 0.504. The quantitative estimate of drug-likeness (QED) is 0.504. The van der Waals surface area contributed by atoms with E-state index in [1.54, 1.807) is 32.4 Å². The normalized spacial score (nSPS) is 14.1. The maximum absolute atomic E-state index is 13.1. The molecule has 3 aromatic rings. The van der Waals surface area contributed by atoms with Crippen LogP contribution in [0.4, 0.5) is 5.95 Å². The van der Waals surface area contributed by atoms with Crippen molar-refractivity contribution in [3.05, 3.63) is 28.8 Å². The van der Waals surface area contributed by atoms with Crippen LogP contribution in [-0.4, -0.2) is 55.2 Å². The zero-order valence-corrected chi connectivity index (χ0v) is 16.5. The molecule has 1 aliphatic heterocycles. The molecule has 4 heterocycles. The van der Waals surface area contributed by atoms with Gasteiger partial charge in [0.15, 0.2) is 21.5 Å². The van der Waals surface area contributed by atoms with Gasteiger partial charge in [0.1, 0.15) is 0 Å². The zero-order chi connectivity index (χ0) is 19.5. The molecule has 1 aliphatic rings. The summed E-state index contributed by atoms with van der Waals surface area (Å²) in [6, 6.07) is 1.75. The third-order valence-electron chi connectivity index (χ3n) is 4.46. The van der Waals surface area contributed by atoms with Gasteiger partial charge in [-0.1, -0.05) is 5.92 Å². The highest BCUT2D eigenvalue weighted by atomic mass is 32.2. The Morgan fingerprint density at radius 1 is 1.21 bits per heavy atom. The first-order valence-electron chi connectivity index (χ1n) is 8.96. The Balaban J connectivity index is 1.85. The van der Waals surface area contributed by atoms with Crippen LogP contribution < -0.4 is 15.8 Å². The summed E-state index contributed by atoms with van der Waals surface area (Å²) in [5.74, 6) is 6.69. The van der Waals surface area contributed by atoms with Gasteiger partial charge in [-0.05, 0) is 24.8 Å². The van der Waals surface area contributed by atoms with E-state index in [1.807, 2.05) is 4.57 Å². The average molecular weight is 396 g/mol. The lowest BCUT2D eigenvalue weighted by atomic mass is 10.4. The summed E-state index contributed by atoms with van der Waals surface area (Å²) in [7, 11) is 1.70. The van der Waals surface area contributed by atoms with Gasteiger partial charge in [-0.25, -0.2) is 15.0 Å². The van der Waals surface area contributed by atoms with Crippen LogP contribution in [-0.2, 0) is 13.6 Å². The molecule has 0 atom stereocenters. The van der Waals surface area contributed by atoms with Crippen LogP contribution >= 0.6 is 11.8 Å². The highest BCUT2D eigenvalue weighted by Crippen LogP contribution is 2.25. The monoisotopic (exact) mass is 396 g/mol. The first-order chi connectivity index (χ1) is 13.7. The van der Waals surface area contributed by atoms with E-state index in [9.17, 15) is 4.79 Å². The van der Waals surface area contributed by atoms with Crippen LogP contribution in [0.3, 0.4) is 0 Å². The molecule has 4 rings (SSSR count). The van der Waals surface area contributed by atoms with Crippen LogP contribution in [0.15, 0.2) is 33.6 Å². The van der Waals surface area contributed by atoms with Crippen molar-refractivity contribution >= 4 is 28.9 Å². The molecule has 10 heteroatoms. The van der Waals surface area contributed by atoms with E-state index in [1.165, 1.54) is 16.3 Å². The Morgan fingerprint density at radius 3 is 2.68 bits per heavy atom. The Kier molecular flexibility index (Phi) is 5.27. The number of nitrogens with zero attached hydrogens (tertiary/aromatic N) is 7. The Hall–Kier alpha value is -2.90. The molecule has 0 aliphatic carbocycles. The second kappa shape index (κ2) is 8.00. The molecule has 1 N–H and O–H groups in total. The third-order valence-corrected chi connectivity index (χ3v) is 5.40. The lowest BCUT2D eigenvalue weighted by Crippen LogP contribution is -2.44. The number of piperazine rings is 1. The molecule has 0 unspecified atom stereocenters. The number of anilines is 1. The smallest absolute Gasteiger partial charge is 0.280 e. The summed E-state index contributed by atoms with van der Waals surface area (Å²) in [6.45, 7) is 5.58. The first kappa shape index (κ1) is 18.5. The molecule has 3 aromatic heterocycles. The van der Waals surface area contributed by atoms with Crippen molar-refractivity contribution in [2.24, 2.45) is 7.05 Å². The Bertz CT molecular complexity index is 1110. The van der Waals surface area contributed by atoms with Gasteiger partial charge in [-0.15, -0.1) is 5.92 Å². The molecule has 0 bridgehead atoms. The fourth-order valence-corrected chi connectivity index (χ4v) is 3.80. The second-order valence-corrected chi connectivity index (χ2v) is 7.16. The Labute approximate surface area is 166 Å². The molecule has 0 amide bonds. The fraction of sp³-hybridized carbons (Fsp3) is 0.389. The Morgan fingerprint density at radius 2 is 1.96 bits per heavy atom. The highest BCUT2D eigenvalue weighted by Gasteiger charge is 2.23. The molecular weight excluding hydrogens is 376 g/mol. The minimum Gasteiger partial charge on any atom is -0.340 e. The van der Waals surface area contributed by atoms with E-state index in [4.69, 9.17) is 4.98 Å². The van der Waals surface area contributed by atoms with Gasteiger partial charge in [-0.3, -0.25) is 13.9 Å². The third kappa shape index (κ3) is 3.46. The lowest BCUT2D eigenvalue weighted by molar-refractivity contribution is 0.573. The average Bonchev–Trinajstić information content (AvgIpc) is 3.10. The number of fused-ring (bicyclic) bond motifs is 1. The molecule has 28 heavy (non-hydrogen) atoms. The van der Waals surface area contributed by atoms with Crippen LogP contribution in [0.2, 0.25) is 0 Å². The van der Waals surface area contributed by atoms with E-state index in [0.29, 0.717) is 28.0 Å². The summed E-state index contributed by atoms with van der Waals surface area (Å²) >= 11 is 1.24. The fourth-order valence-electron chi connectivity index (χ4n) is 3.05. The molecular formula is C18H20N8OS. The van der Waals surface area contributed by atoms with E-state index in [2.05, 4.69) is 37.0 Å². The SMILES string of the molecule is CC#CCn1c(N2CCNCC2)nc2nc(Sc3ncccn3)n(C)c(=O)c21. The highest BCUT2D eigenvalue weighted by molar-refractivity contribution is 7.99. The van der Waals surface area contributed by atoms with Crippen molar-refractivity contribution in [3.8, 4) is 11.8 Å². The van der Waals surface area contributed by atoms with Crippen molar-refractivity contribution in [2.75, 3.05) is 31.1 Å². The summed E-state index contributed by atoms with van der Waals surface area (Å²) in [5, 5.41) is 4.36. The van der Waals surface area contributed by atoms with Crippen LogP contribution in [0.5, 0.6) is 0 Å². The van der Waals surface area contributed by atoms with Crippen LogP contribution in [0.25, 0.3) is 11.2 Å². The largest absolute Gasteiger partial charge is 0.340 e.